The summed E-state index contributed by atoms with van der Waals surface area (Å²) < 4.78 is 10.9. The van der Waals surface area contributed by atoms with Crippen LogP contribution in [-0.4, -0.2) is 32.1 Å². The maximum atomic E-state index is 12.2. The van der Waals surface area contributed by atoms with Crippen molar-refractivity contribution in [2.45, 2.75) is 19.4 Å². The molecule has 136 valence electrons. The molecule has 2 N–H and O–H groups in total. The average molecular weight is 354 g/mol. The molecule has 6 nitrogen and oxygen atoms in total. The Bertz CT molecular complexity index is 819. The van der Waals surface area contributed by atoms with Gasteiger partial charge in [-0.15, -0.1) is 0 Å². The fraction of sp³-hybridized carbons (Fsp3) is 0.300. The van der Waals surface area contributed by atoms with Crippen LogP contribution in [0.4, 0.5) is 5.69 Å². The normalized spacial score (nSPS) is 15.7. The molecule has 0 radical (unpaired) electrons. The van der Waals surface area contributed by atoms with Gasteiger partial charge in [0.15, 0.2) is 0 Å². The van der Waals surface area contributed by atoms with Gasteiger partial charge in [0.25, 0.3) is 0 Å². The molecule has 1 heterocycles. The summed E-state index contributed by atoms with van der Waals surface area (Å²) in [4.78, 5) is 24.4. The molecule has 3 rings (SSSR count). The Hall–Kier alpha value is -2.86. The number of carbonyl (C=O) groups excluding carboxylic acids is 2. The fourth-order valence-electron chi connectivity index (χ4n) is 3.01. The highest BCUT2D eigenvalue weighted by Crippen LogP contribution is 2.27. The molecule has 6 heteroatoms. The minimum Gasteiger partial charge on any atom is -0.495 e. The van der Waals surface area contributed by atoms with Crippen molar-refractivity contribution < 1.29 is 19.1 Å². The summed E-state index contributed by atoms with van der Waals surface area (Å²) >= 11 is 0. The van der Waals surface area contributed by atoms with Crippen molar-refractivity contribution in [1.82, 2.24) is 5.32 Å². The zero-order chi connectivity index (χ0) is 18.5. The minimum atomic E-state index is -0.738. The van der Waals surface area contributed by atoms with Gasteiger partial charge in [-0.1, -0.05) is 30.3 Å². The molecule has 1 aliphatic heterocycles. The van der Waals surface area contributed by atoms with E-state index in [-0.39, 0.29) is 12.6 Å². The highest BCUT2D eigenvalue weighted by atomic mass is 16.5. The van der Waals surface area contributed by atoms with E-state index in [0.29, 0.717) is 18.0 Å². The Morgan fingerprint density at radius 3 is 2.81 bits per heavy atom. The van der Waals surface area contributed by atoms with E-state index in [2.05, 4.69) is 16.7 Å². The van der Waals surface area contributed by atoms with Gasteiger partial charge in [0.05, 0.1) is 19.4 Å². The average Bonchev–Trinajstić information content (AvgIpc) is 2.66. The number of rotatable bonds is 4. The lowest BCUT2D eigenvalue weighted by atomic mass is 9.97. The lowest BCUT2D eigenvalue weighted by Gasteiger charge is -2.26. The van der Waals surface area contributed by atoms with Crippen LogP contribution in [0.1, 0.15) is 22.8 Å². The number of hydrogen-bond acceptors (Lipinski definition) is 4. The zero-order valence-electron chi connectivity index (χ0n) is 14.9. The first-order valence-corrected chi connectivity index (χ1v) is 8.51. The zero-order valence-corrected chi connectivity index (χ0v) is 14.9. The van der Waals surface area contributed by atoms with E-state index in [1.165, 1.54) is 12.7 Å². The van der Waals surface area contributed by atoms with E-state index in [1.807, 2.05) is 31.2 Å². The van der Waals surface area contributed by atoms with E-state index >= 15 is 0 Å². The van der Waals surface area contributed by atoms with E-state index in [9.17, 15) is 9.59 Å². The van der Waals surface area contributed by atoms with Gasteiger partial charge in [-0.3, -0.25) is 9.59 Å². The first kappa shape index (κ1) is 17.9. The molecular weight excluding hydrogens is 332 g/mol. The third-order valence-electron chi connectivity index (χ3n) is 4.35. The molecule has 2 amide bonds. The number of benzene rings is 2. The van der Waals surface area contributed by atoms with Crippen LogP contribution in [0.5, 0.6) is 5.75 Å². The van der Waals surface area contributed by atoms with Gasteiger partial charge >= 0.3 is 11.8 Å². The van der Waals surface area contributed by atoms with Crippen molar-refractivity contribution in [3.05, 3.63) is 59.2 Å². The number of anilines is 1. The monoisotopic (exact) mass is 354 g/mol. The van der Waals surface area contributed by atoms with Crippen molar-refractivity contribution in [2.75, 3.05) is 25.6 Å². The molecule has 0 saturated heterocycles. The second kappa shape index (κ2) is 8.01. The van der Waals surface area contributed by atoms with Gasteiger partial charge in [0.1, 0.15) is 11.9 Å². The van der Waals surface area contributed by atoms with Gasteiger partial charge < -0.3 is 20.1 Å². The molecule has 2 aromatic rings. The molecule has 1 atom stereocenters. The Morgan fingerprint density at radius 1 is 1.19 bits per heavy atom. The topological polar surface area (TPSA) is 76.7 Å². The van der Waals surface area contributed by atoms with Crippen LogP contribution < -0.4 is 15.4 Å². The summed E-state index contributed by atoms with van der Waals surface area (Å²) in [6.45, 7) is 2.74. The van der Waals surface area contributed by atoms with E-state index < -0.39 is 11.8 Å². The number of ether oxygens (including phenoxy) is 2. The number of carbonyl (C=O) groups is 2. The fourth-order valence-corrected chi connectivity index (χ4v) is 3.01. The third-order valence-corrected chi connectivity index (χ3v) is 4.35. The molecule has 0 spiro atoms. The highest BCUT2D eigenvalue weighted by molar-refractivity contribution is 6.39. The van der Waals surface area contributed by atoms with Crippen LogP contribution in [0.2, 0.25) is 0 Å². The maximum Gasteiger partial charge on any atom is 0.313 e. The molecule has 0 aliphatic carbocycles. The van der Waals surface area contributed by atoms with Crippen LogP contribution in [0, 0.1) is 6.92 Å². The predicted molar refractivity (Wildman–Crippen MR) is 98.2 cm³/mol. The maximum absolute atomic E-state index is 12.2. The SMILES string of the molecule is COc1ccc(C)cc1NC(=O)C(=O)NCC1OCCc2ccccc21. The number of nitrogens with one attached hydrogen (secondary N) is 2. The summed E-state index contributed by atoms with van der Waals surface area (Å²) in [5.74, 6) is -0.945. The van der Waals surface area contributed by atoms with Crippen molar-refractivity contribution in [1.29, 1.82) is 0 Å². The van der Waals surface area contributed by atoms with Gasteiger partial charge in [-0.25, -0.2) is 0 Å². The van der Waals surface area contributed by atoms with Gasteiger partial charge in [0, 0.05) is 6.54 Å². The number of hydrogen-bond donors (Lipinski definition) is 2. The third kappa shape index (κ3) is 4.03. The van der Waals surface area contributed by atoms with Crippen molar-refractivity contribution in [3.8, 4) is 5.75 Å². The number of amides is 2. The molecule has 0 fully saturated rings. The number of aryl methyl sites for hydroxylation is 1. The van der Waals surface area contributed by atoms with Crippen LogP contribution >= 0.6 is 0 Å². The second-order valence-corrected chi connectivity index (χ2v) is 6.18. The van der Waals surface area contributed by atoms with E-state index in [1.54, 1.807) is 12.1 Å². The highest BCUT2D eigenvalue weighted by Gasteiger charge is 2.23. The largest absolute Gasteiger partial charge is 0.495 e. The van der Waals surface area contributed by atoms with E-state index in [0.717, 1.165) is 17.5 Å². The molecule has 1 aliphatic rings. The molecule has 2 aromatic carbocycles. The summed E-state index contributed by atoms with van der Waals surface area (Å²) in [5, 5.41) is 5.24. The van der Waals surface area contributed by atoms with Crippen molar-refractivity contribution >= 4 is 17.5 Å². The quantitative estimate of drug-likeness (QED) is 0.827. The van der Waals surface area contributed by atoms with Crippen LogP contribution in [-0.2, 0) is 20.7 Å². The Morgan fingerprint density at radius 2 is 2.00 bits per heavy atom. The molecule has 0 saturated carbocycles. The number of fused-ring (bicyclic) bond motifs is 1. The van der Waals surface area contributed by atoms with E-state index in [4.69, 9.17) is 9.47 Å². The van der Waals surface area contributed by atoms with Crippen LogP contribution in [0.3, 0.4) is 0 Å². The van der Waals surface area contributed by atoms with Gasteiger partial charge in [0.2, 0.25) is 0 Å². The Balaban J connectivity index is 1.61. The summed E-state index contributed by atoms with van der Waals surface area (Å²) in [6, 6.07) is 13.3. The van der Waals surface area contributed by atoms with Crippen LogP contribution in [0.25, 0.3) is 0 Å². The summed E-state index contributed by atoms with van der Waals surface area (Å²) in [7, 11) is 1.51. The first-order valence-electron chi connectivity index (χ1n) is 8.51. The van der Waals surface area contributed by atoms with Crippen LogP contribution in [0.15, 0.2) is 42.5 Å². The smallest absolute Gasteiger partial charge is 0.313 e. The Kier molecular flexibility index (Phi) is 5.53. The minimum absolute atomic E-state index is 0.244. The second-order valence-electron chi connectivity index (χ2n) is 6.18. The molecular formula is C20H22N2O4. The first-order chi connectivity index (χ1) is 12.6. The summed E-state index contributed by atoms with van der Waals surface area (Å²) in [5.41, 5.74) is 3.69. The van der Waals surface area contributed by atoms with Crippen molar-refractivity contribution in [3.63, 3.8) is 0 Å². The molecule has 1 unspecified atom stereocenters. The summed E-state index contributed by atoms with van der Waals surface area (Å²) in [6.07, 6.45) is 0.610. The molecule has 0 bridgehead atoms. The lowest BCUT2D eigenvalue weighted by Crippen LogP contribution is -2.39. The number of methoxy groups -OCH3 is 1. The molecule has 0 aromatic heterocycles. The van der Waals surface area contributed by atoms with Crippen molar-refractivity contribution in [2.24, 2.45) is 0 Å². The molecule has 26 heavy (non-hydrogen) atoms. The standard InChI is InChI=1S/C20H22N2O4/c1-13-7-8-17(25-2)16(11-13)22-20(24)19(23)21-12-18-15-6-4-3-5-14(15)9-10-26-18/h3-8,11,18H,9-10,12H2,1-2H3,(H,21,23)(H,22,24). The predicted octanol–water partition coefficient (Wildman–Crippen LogP) is 2.37. The van der Waals surface area contributed by atoms with Gasteiger partial charge in [-0.2, -0.15) is 0 Å². The Labute approximate surface area is 152 Å². The van der Waals surface area contributed by atoms with Gasteiger partial charge in [-0.05, 0) is 42.2 Å². The lowest BCUT2D eigenvalue weighted by molar-refractivity contribution is -0.136.